The van der Waals surface area contributed by atoms with Gasteiger partial charge in [-0.1, -0.05) is 13.8 Å². The first-order valence-corrected chi connectivity index (χ1v) is 11.4. The van der Waals surface area contributed by atoms with E-state index in [0.717, 1.165) is 64.7 Å². The molecule has 0 spiro atoms. The van der Waals surface area contributed by atoms with E-state index >= 15 is 0 Å². The first kappa shape index (κ1) is 25.1. The summed E-state index contributed by atoms with van der Waals surface area (Å²) in [5.41, 5.74) is 0. The van der Waals surface area contributed by atoms with Crippen molar-refractivity contribution >= 4 is 29.9 Å². The van der Waals surface area contributed by atoms with Crippen LogP contribution in [0, 0.1) is 5.92 Å². The molecule has 3 atom stereocenters. The molecule has 3 aliphatic heterocycles. The van der Waals surface area contributed by atoms with Gasteiger partial charge in [-0.2, -0.15) is 0 Å². The van der Waals surface area contributed by atoms with Crippen LogP contribution in [0.25, 0.3) is 0 Å². The van der Waals surface area contributed by atoms with Crippen molar-refractivity contribution in [2.24, 2.45) is 10.9 Å². The van der Waals surface area contributed by atoms with E-state index in [1.54, 1.807) is 0 Å². The van der Waals surface area contributed by atoms with Gasteiger partial charge in [0.25, 0.3) is 0 Å². The molecule has 0 amide bonds. The number of ether oxygens (including phenoxy) is 2. The number of piperazine rings is 1. The van der Waals surface area contributed by atoms with Crippen LogP contribution in [0.1, 0.15) is 33.6 Å². The lowest BCUT2D eigenvalue weighted by molar-refractivity contribution is -0.0817. The molecule has 3 saturated heterocycles. The maximum Gasteiger partial charge on any atom is 0.194 e. The fourth-order valence-electron chi connectivity index (χ4n) is 4.44. The van der Waals surface area contributed by atoms with E-state index in [4.69, 9.17) is 14.5 Å². The molecule has 3 fully saturated rings. The number of morpholine rings is 1. The number of likely N-dealkylation sites (N-methyl/N-ethyl adjacent to an activating group) is 1. The lowest BCUT2D eigenvalue weighted by Crippen LogP contribution is -2.53. The minimum absolute atomic E-state index is 0. The highest BCUT2D eigenvalue weighted by Gasteiger charge is 2.32. The maximum absolute atomic E-state index is 6.00. The summed E-state index contributed by atoms with van der Waals surface area (Å²) in [6.07, 6.45) is 2.70. The Kier molecular flexibility index (Phi) is 11.5. The molecule has 0 radical (unpaired) electrons. The molecule has 0 saturated carbocycles. The third-order valence-electron chi connectivity index (χ3n) is 6.14. The van der Waals surface area contributed by atoms with E-state index in [1.807, 2.05) is 0 Å². The largest absolute Gasteiger partial charge is 0.375 e. The predicted molar refractivity (Wildman–Crippen MR) is 129 cm³/mol. The van der Waals surface area contributed by atoms with Crippen LogP contribution in [0.4, 0.5) is 0 Å². The van der Waals surface area contributed by atoms with Crippen molar-refractivity contribution in [1.82, 2.24) is 20.0 Å². The van der Waals surface area contributed by atoms with Gasteiger partial charge in [-0.3, -0.25) is 4.99 Å². The number of hydrogen-bond acceptors (Lipinski definition) is 5. The Labute approximate surface area is 194 Å². The summed E-state index contributed by atoms with van der Waals surface area (Å²) in [4.78, 5) is 12.5. The SMILES string of the molecule is CCNC(=NCC(C)CN1CCN(CC)CC1)N1CCOC(C2CCCO2)C1.I. The minimum atomic E-state index is 0. The third kappa shape index (κ3) is 7.79. The molecular weight excluding hydrogens is 481 g/mol. The Morgan fingerprint density at radius 3 is 2.41 bits per heavy atom. The molecule has 0 aliphatic carbocycles. The van der Waals surface area contributed by atoms with Crippen LogP contribution in [-0.2, 0) is 9.47 Å². The fraction of sp³-hybridized carbons (Fsp3) is 0.952. The van der Waals surface area contributed by atoms with E-state index in [2.05, 4.69) is 40.8 Å². The van der Waals surface area contributed by atoms with Crippen molar-refractivity contribution in [2.45, 2.75) is 45.8 Å². The van der Waals surface area contributed by atoms with Crippen molar-refractivity contribution in [2.75, 3.05) is 78.7 Å². The molecule has 0 bridgehead atoms. The van der Waals surface area contributed by atoms with Gasteiger partial charge in [0.2, 0.25) is 0 Å². The van der Waals surface area contributed by atoms with E-state index < -0.39 is 0 Å². The second-order valence-corrected chi connectivity index (χ2v) is 8.44. The summed E-state index contributed by atoms with van der Waals surface area (Å²) >= 11 is 0. The Morgan fingerprint density at radius 2 is 1.76 bits per heavy atom. The van der Waals surface area contributed by atoms with Crippen LogP contribution in [0.15, 0.2) is 4.99 Å². The van der Waals surface area contributed by atoms with Crippen molar-refractivity contribution in [3.05, 3.63) is 0 Å². The molecule has 0 aromatic carbocycles. The van der Waals surface area contributed by atoms with Gasteiger partial charge in [-0.25, -0.2) is 0 Å². The highest BCUT2D eigenvalue weighted by molar-refractivity contribution is 14.0. The number of halogens is 1. The summed E-state index contributed by atoms with van der Waals surface area (Å²) in [6, 6.07) is 0. The highest BCUT2D eigenvalue weighted by atomic mass is 127. The Morgan fingerprint density at radius 1 is 1.03 bits per heavy atom. The van der Waals surface area contributed by atoms with Crippen molar-refractivity contribution in [1.29, 1.82) is 0 Å². The van der Waals surface area contributed by atoms with Crippen LogP contribution < -0.4 is 5.32 Å². The number of rotatable bonds is 7. The average Bonchev–Trinajstić information content (AvgIpc) is 3.27. The topological polar surface area (TPSA) is 52.6 Å². The first-order valence-electron chi connectivity index (χ1n) is 11.4. The number of hydrogen-bond donors (Lipinski definition) is 1. The molecule has 8 heteroatoms. The van der Waals surface area contributed by atoms with Gasteiger partial charge in [-0.05, 0) is 32.2 Å². The molecule has 170 valence electrons. The summed E-state index contributed by atoms with van der Waals surface area (Å²) in [5, 5.41) is 3.50. The Hall–Kier alpha value is -0.160. The van der Waals surface area contributed by atoms with E-state index in [9.17, 15) is 0 Å². The predicted octanol–water partition coefficient (Wildman–Crippen LogP) is 1.72. The maximum atomic E-state index is 6.00. The monoisotopic (exact) mass is 523 g/mol. The smallest absolute Gasteiger partial charge is 0.194 e. The van der Waals surface area contributed by atoms with Crippen LogP contribution in [-0.4, -0.2) is 112 Å². The number of guanidine groups is 1. The van der Waals surface area contributed by atoms with Crippen molar-refractivity contribution < 1.29 is 9.47 Å². The molecule has 0 aromatic rings. The van der Waals surface area contributed by atoms with Crippen molar-refractivity contribution in [3.63, 3.8) is 0 Å². The lowest BCUT2D eigenvalue weighted by Gasteiger charge is -2.37. The van der Waals surface area contributed by atoms with Crippen LogP contribution >= 0.6 is 24.0 Å². The van der Waals surface area contributed by atoms with Gasteiger partial charge in [0.15, 0.2) is 5.96 Å². The second kappa shape index (κ2) is 13.3. The standard InChI is InChI=1S/C21H41N5O2.HI/c1-4-22-21(26-12-14-28-20(17-26)19-7-6-13-27-19)23-15-18(3)16-25-10-8-24(5-2)9-11-25;/h18-20H,4-17H2,1-3H3,(H,22,23);1H. The van der Waals surface area contributed by atoms with Crippen LogP contribution in [0.5, 0.6) is 0 Å². The number of nitrogens with zero attached hydrogens (tertiary/aromatic N) is 4. The van der Waals surface area contributed by atoms with E-state index in [-0.39, 0.29) is 36.2 Å². The first-order chi connectivity index (χ1) is 13.7. The summed E-state index contributed by atoms with van der Waals surface area (Å²) in [6.45, 7) is 19.0. The zero-order valence-electron chi connectivity index (χ0n) is 18.6. The molecule has 0 aromatic heterocycles. The van der Waals surface area contributed by atoms with Gasteiger partial charge < -0.3 is 29.5 Å². The molecular formula is C21H42IN5O2. The number of aliphatic imine (C=N–C) groups is 1. The quantitative estimate of drug-likeness (QED) is 0.312. The zero-order chi connectivity index (χ0) is 19.8. The summed E-state index contributed by atoms with van der Waals surface area (Å²) in [5.74, 6) is 1.60. The molecule has 3 rings (SSSR count). The Bertz CT molecular complexity index is 482. The van der Waals surface area contributed by atoms with Crippen LogP contribution in [0.3, 0.4) is 0 Å². The lowest BCUT2D eigenvalue weighted by atomic mass is 10.1. The van der Waals surface area contributed by atoms with Gasteiger partial charge in [0.1, 0.15) is 6.10 Å². The third-order valence-corrected chi connectivity index (χ3v) is 6.14. The molecule has 3 aliphatic rings. The number of nitrogens with one attached hydrogen (secondary N) is 1. The molecule has 29 heavy (non-hydrogen) atoms. The zero-order valence-corrected chi connectivity index (χ0v) is 21.0. The molecule has 3 unspecified atom stereocenters. The van der Waals surface area contributed by atoms with E-state index in [1.165, 1.54) is 32.7 Å². The molecule has 1 N–H and O–H groups in total. The molecule has 3 heterocycles. The minimum Gasteiger partial charge on any atom is -0.375 e. The normalized spacial score (nSPS) is 28.2. The second-order valence-electron chi connectivity index (χ2n) is 8.44. The Balaban J connectivity index is 0.00000300. The van der Waals surface area contributed by atoms with Crippen molar-refractivity contribution in [3.8, 4) is 0 Å². The van der Waals surface area contributed by atoms with Crippen LogP contribution in [0.2, 0.25) is 0 Å². The van der Waals surface area contributed by atoms with Gasteiger partial charge in [0.05, 0.1) is 12.7 Å². The fourth-order valence-corrected chi connectivity index (χ4v) is 4.44. The van der Waals surface area contributed by atoms with Gasteiger partial charge in [-0.15, -0.1) is 24.0 Å². The summed E-state index contributed by atoms with van der Waals surface area (Å²) < 4.78 is 11.9. The average molecular weight is 524 g/mol. The van der Waals surface area contributed by atoms with E-state index in [0.29, 0.717) is 5.92 Å². The van der Waals surface area contributed by atoms with Gasteiger partial charge in [0, 0.05) is 65.5 Å². The van der Waals surface area contributed by atoms with Gasteiger partial charge >= 0.3 is 0 Å². The molecule has 7 nitrogen and oxygen atoms in total. The highest BCUT2D eigenvalue weighted by Crippen LogP contribution is 2.21. The summed E-state index contributed by atoms with van der Waals surface area (Å²) in [7, 11) is 0.